The van der Waals surface area contributed by atoms with Gasteiger partial charge in [0.25, 0.3) is 0 Å². The van der Waals surface area contributed by atoms with Gasteiger partial charge >= 0.3 is 0 Å². The van der Waals surface area contributed by atoms with E-state index in [1.54, 1.807) is 12.1 Å². The molecule has 1 aromatic carbocycles. The van der Waals surface area contributed by atoms with E-state index in [0.29, 0.717) is 16.7 Å². The molecule has 7 nitrogen and oxygen atoms in total. The zero-order valence-corrected chi connectivity index (χ0v) is 12.7. The van der Waals surface area contributed by atoms with Crippen molar-refractivity contribution >= 4 is 29.2 Å². The van der Waals surface area contributed by atoms with Gasteiger partial charge in [0, 0.05) is 26.2 Å². The number of halogens is 1. The summed E-state index contributed by atoms with van der Waals surface area (Å²) >= 11 is 6.06. The van der Waals surface area contributed by atoms with Crippen LogP contribution in [0, 0.1) is 0 Å². The summed E-state index contributed by atoms with van der Waals surface area (Å²) in [7, 11) is 2.08. The maximum atomic E-state index is 6.06. The molecule has 0 aromatic heterocycles. The number of para-hydroxylation sites is 1. The van der Waals surface area contributed by atoms with Gasteiger partial charge < -0.3 is 15.5 Å². The molecule has 0 atom stereocenters. The van der Waals surface area contributed by atoms with Crippen LogP contribution in [0.25, 0.3) is 0 Å². The smallest absolute Gasteiger partial charge is 0.240 e. The minimum atomic E-state index is 0.222. The third-order valence-corrected chi connectivity index (χ3v) is 3.58. The fourth-order valence-corrected chi connectivity index (χ4v) is 2.14. The van der Waals surface area contributed by atoms with Crippen LogP contribution in [0.15, 0.2) is 34.3 Å². The van der Waals surface area contributed by atoms with E-state index in [1.165, 1.54) is 0 Å². The summed E-state index contributed by atoms with van der Waals surface area (Å²) in [6, 6.07) is 7.20. The average Bonchev–Trinajstić information content (AvgIpc) is 2.49. The van der Waals surface area contributed by atoms with Crippen LogP contribution >= 0.6 is 11.6 Å². The fourth-order valence-electron chi connectivity index (χ4n) is 1.96. The number of rotatable bonds is 1. The number of guanidine groups is 2. The second kappa shape index (κ2) is 7.26. The van der Waals surface area contributed by atoms with Crippen LogP contribution in [-0.2, 0) is 0 Å². The summed E-state index contributed by atoms with van der Waals surface area (Å²) in [5, 5.41) is 0.526. The molecule has 1 aliphatic rings. The van der Waals surface area contributed by atoms with E-state index >= 15 is 0 Å². The quantitative estimate of drug-likeness (QED) is 0.301. The Labute approximate surface area is 129 Å². The molecule has 0 radical (unpaired) electrons. The van der Waals surface area contributed by atoms with Crippen molar-refractivity contribution < 1.29 is 0 Å². The summed E-state index contributed by atoms with van der Waals surface area (Å²) in [6.07, 6.45) is 0. The van der Waals surface area contributed by atoms with Gasteiger partial charge in [0.05, 0.1) is 10.7 Å². The van der Waals surface area contributed by atoms with Crippen molar-refractivity contribution in [2.45, 2.75) is 0 Å². The van der Waals surface area contributed by atoms with Crippen molar-refractivity contribution in [1.82, 2.24) is 15.2 Å². The van der Waals surface area contributed by atoms with Crippen molar-refractivity contribution in [2.75, 3.05) is 33.2 Å². The van der Waals surface area contributed by atoms with Crippen LogP contribution < -0.4 is 17.0 Å². The first-order valence-corrected chi connectivity index (χ1v) is 7.05. The first kappa shape index (κ1) is 15.6. The van der Waals surface area contributed by atoms with E-state index in [9.17, 15) is 0 Å². The van der Waals surface area contributed by atoms with Gasteiger partial charge in [-0.1, -0.05) is 23.7 Å². The Morgan fingerprint density at radius 2 is 1.90 bits per heavy atom. The van der Waals surface area contributed by atoms with Crippen LogP contribution in [0.4, 0.5) is 5.69 Å². The van der Waals surface area contributed by atoms with E-state index in [2.05, 4.69) is 27.4 Å². The minimum Gasteiger partial charge on any atom is -0.369 e. The molecule has 1 saturated heterocycles. The number of hydrogen-bond donors (Lipinski definition) is 3. The highest BCUT2D eigenvalue weighted by Gasteiger charge is 2.15. The summed E-state index contributed by atoms with van der Waals surface area (Å²) in [4.78, 5) is 12.7. The number of hydrazine groups is 1. The van der Waals surface area contributed by atoms with Crippen LogP contribution in [0.1, 0.15) is 0 Å². The molecule has 5 N–H and O–H groups in total. The maximum Gasteiger partial charge on any atom is 0.240 e. The molecule has 2 rings (SSSR count). The number of aliphatic imine (C=N–C) groups is 2. The Kier molecular flexibility index (Phi) is 5.38. The molecule has 0 amide bonds. The number of likely N-dealkylation sites (N-methyl/N-ethyl adjacent to an activating group) is 1. The predicted octanol–water partition coefficient (Wildman–Crippen LogP) is 0.353. The number of benzene rings is 1. The van der Waals surface area contributed by atoms with Crippen molar-refractivity contribution in [2.24, 2.45) is 21.6 Å². The highest BCUT2D eigenvalue weighted by Crippen LogP contribution is 2.23. The van der Waals surface area contributed by atoms with Gasteiger partial charge in [0.1, 0.15) is 0 Å². The van der Waals surface area contributed by atoms with Crippen LogP contribution in [0.5, 0.6) is 0 Å². The lowest BCUT2D eigenvalue weighted by Gasteiger charge is -2.32. The lowest BCUT2D eigenvalue weighted by molar-refractivity contribution is 0.214. The zero-order chi connectivity index (χ0) is 15.2. The second-order valence-corrected chi connectivity index (χ2v) is 5.20. The molecule has 0 unspecified atom stereocenters. The second-order valence-electron chi connectivity index (χ2n) is 4.79. The zero-order valence-electron chi connectivity index (χ0n) is 12.0. The van der Waals surface area contributed by atoms with E-state index in [0.717, 1.165) is 26.2 Å². The highest BCUT2D eigenvalue weighted by atomic mass is 35.5. The van der Waals surface area contributed by atoms with Crippen LogP contribution in [0.2, 0.25) is 5.02 Å². The normalized spacial score (nSPS) is 18.0. The standard InChI is InChI=1S/C13H20ClN7/c1-20-6-8-21(9-7-20)12(15)18-13(19-16)17-11-5-3-2-4-10(11)14/h2-5H,6-9,16H2,1H3,(H3,15,17,18,19). The summed E-state index contributed by atoms with van der Waals surface area (Å²) in [5.41, 5.74) is 9.04. The van der Waals surface area contributed by atoms with Gasteiger partial charge in [-0.15, -0.1) is 0 Å². The third kappa shape index (κ3) is 4.32. The number of nitrogens with two attached hydrogens (primary N) is 2. The molecule has 1 fully saturated rings. The Morgan fingerprint density at radius 1 is 1.24 bits per heavy atom. The van der Waals surface area contributed by atoms with Gasteiger partial charge in [-0.2, -0.15) is 4.99 Å². The highest BCUT2D eigenvalue weighted by molar-refractivity contribution is 6.33. The van der Waals surface area contributed by atoms with Gasteiger partial charge in [0.15, 0.2) is 5.96 Å². The van der Waals surface area contributed by atoms with Crippen molar-refractivity contribution in [3.05, 3.63) is 29.3 Å². The summed E-state index contributed by atoms with van der Waals surface area (Å²) in [6.45, 7) is 3.55. The van der Waals surface area contributed by atoms with E-state index in [4.69, 9.17) is 23.2 Å². The van der Waals surface area contributed by atoms with Gasteiger partial charge in [0.2, 0.25) is 5.96 Å². The molecule has 1 aliphatic heterocycles. The number of piperazine rings is 1. The molecule has 1 heterocycles. The van der Waals surface area contributed by atoms with Crippen molar-refractivity contribution in [1.29, 1.82) is 0 Å². The SMILES string of the molecule is CN1CCN(C(N)=NC(=Nc2ccccc2Cl)NN)CC1. The Balaban J connectivity index is 2.14. The molecule has 0 spiro atoms. The molecular weight excluding hydrogens is 290 g/mol. The molecular formula is C13H20ClN7. The number of hydrogen-bond acceptors (Lipinski definition) is 3. The molecule has 1 aromatic rings. The summed E-state index contributed by atoms with van der Waals surface area (Å²) < 4.78 is 0. The van der Waals surface area contributed by atoms with Crippen LogP contribution in [0.3, 0.4) is 0 Å². The minimum absolute atomic E-state index is 0.222. The van der Waals surface area contributed by atoms with Gasteiger partial charge in [-0.3, -0.25) is 5.43 Å². The molecule has 0 bridgehead atoms. The van der Waals surface area contributed by atoms with Crippen LogP contribution in [-0.4, -0.2) is 54.9 Å². The van der Waals surface area contributed by atoms with Gasteiger partial charge in [-0.25, -0.2) is 10.8 Å². The number of nitrogens with one attached hydrogen (secondary N) is 1. The largest absolute Gasteiger partial charge is 0.369 e. The Bertz CT molecular complexity index is 535. The van der Waals surface area contributed by atoms with E-state index in [1.807, 2.05) is 17.0 Å². The molecule has 8 heteroatoms. The van der Waals surface area contributed by atoms with Crippen molar-refractivity contribution in [3.8, 4) is 0 Å². The van der Waals surface area contributed by atoms with Gasteiger partial charge in [-0.05, 0) is 19.2 Å². The lowest BCUT2D eigenvalue weighted by Crippen LogP contribution is -2.50. The molecule has 114 valence electrons. The molecule has 21 heavy (non-hydrogen) atoms. The first-order valence-electron chi connectivity index (χ1n) is 6.67. The lowest BCUT2D eigenvalue weighted by atomic mass is 10.3. The third-order valence-electron chi connectivity index (χ3n) is 3.26. The first-order chi connectivity index (χ1) is 10.1. The predicted molar refractivity (Wildman–Crippen MR) is 86.6 cm³/mol. The number of nitrogens with zero attached hydrogens (tertiary/aromatic N) is 4. The molecule has 0 saturated carbocycles. The maximum absolute atomic E-state index is 6.06. The Hall–Kier alpha value is -1.83. The fraction of sp³-hybridized carbons (Fsp3) is 0.385. The van der Waals surface area contributed by atoms with E-state index < -0.39 is 0 Å². The average molecular weight is 310 g/mol. The monoisotopic (exact) mass is 309 g/mol. The Morgan fingerprint density at radius 3 is 2.52 bits per heavy atom. The molecule has 0 aliphatic carbocycles. The summed E-state index contributed by atoms with van der Waals surface area (Å²) in [5.74, 6) is 6.07. The van der Waals surface area contributed by atoms with Crippen molar-refractivity contribution in [3.63, 3.8) is 0 Å². The topological polar surface area (TPSA) is 95.3 Å². The van der Waals surface area contributed by atoms with E-state index in [-0.39, 0.29) is 5.96 Å².